The molecular weight excluding hydrogens is 336 g/mol. The summed E-state index contributed by atoms with van der Waals surface area (Å²) in [5.41, 5.74) is 0.182. The van der Waals surface area contributed by atoms with Gasteiger partial charge in [-0.05, 0) is 44.0 Å². The second-order valence-corrected chi connectivity index (χ2v) is 7.31. The SMILES string of the molecule is C[C@H](NC(=O)c1ccc(S(=O)(=O)NCC2CCCO2)cc1)C(=O)O. The van der Waals surface area contributed by atoms with Crippen molar-refractivity contribution < 1.29 is 27.9 Å². The fraction of sp³-hybridized carbons (Fsp3) is 0.467. The van der Waals surface area contributed by atoms with Crippen molar-refractivity contribution in [3.8, 4) is 0 Å². The van der Waals surface area contributed by atoms with Crippen molar-refractivity contribution in [2.24, 2.45) is 0 Å². The van der Waals surface area contributed by atoms with E-state index in [-0.39, 0.29) is 23.1 Å². The van der Waals surface area contributed by atoms with Gasteiger partial charge in [0.15, 0.2) is 0 Å². The number of aliphatic carboxylic acids is 1. The second kappa shape index (κ2) is 7.73. The number of carboxylic acids is 1. The van der Waals surface area contributed by atoms with Gasteiger partial charge in [0.1, 0.15) is 6.04 Å². The average Bonchev–Trinajstić information content (AvgIpc) is 3.06. The van der Waals surface area contributed by atoms with Crippen molar-refractivity contribution in [2.75, 3.05) is 13.2 Å². The largest absolute Gasteiger partial charge is 0.480 e. The van der Waals surface area contributed by atoms with E-state index in [1.54, 1.807) is 0 Å². The fourth-order valence-corrected chi connectivity index (χ4v) is 3.28. The Morgan fingerprint density at radius 3 is 2.54 bits per heavy atom. The quantitative estimate of drug-likeness (QED) is 0.648. The van der Waals surface area contributed by atoms with E-state index in [1.165, 1.54) is 31.2 Å². The summed E-state index contributed by atoms with van der Waals surface area (Å²) in [6.07, 6.45) is 1.64. The highest BCUT2D eigenvalue weighted by Gasteiger charge is 2.21. The molecule has 1 unspecified atom stereocenters. The van der Waals surface area contributed by atoms with Gasteiger partial charge < -0.3 is 15.2 Å². The van der Waals surface area contributed by atoms with E-state index in [0.717, 1.165) is 12.8 Å². The summed E-state index contributed by atoms with van der Waals surface area (Å²) < 4.78 is 32.2. The first kappa shape index (κ1) is 18.4. The highest BCUT2D eigenvalue weighted by Crippen LogP contribution is 2.14. The lowest BCUT2D eigenvalue weighted by Crippen LogP contribution is -2.38. The molecule has 0 spiro atoms. The minimum Gasteiger partial charge on any atom is -0.480 e. The second-order valence-electron chi connectivity index (χ2n) is 5.54. The smallest absolute Gasteiger partial charge is 0.325 e. The topological polar surface area (TPSA) is 122 Å². The van der Waals surface area contributed by atoms with Crippen LogP contribution in [0.5, 0.6) is 0 Å². The molecule has 1 aliphatic heterocycles. The van der Waals surface area contributed by atoms with E-state index in [1.807, 2.05) is 0 Å². The maximum Gasteiger partial charge on any atom is 0.325 e. The Morgan fingerprint density at radius 1 is 1.33 bits per heavy atom. The molecule has 1 heterocycles. The highest BCUT2D eigenvalue weighted by atomic mass is 32.2. The minimum absolute atomic E-state index is 0.0309. The van der Waals surface area contributed by atoms with Crippen LogP contribution in [0.3, 0.4) is 0 Å². The summed E-state index contributed by atoms with van der Waals surface area (Å²) in [6.45, 7) is 2.19. The molecule has 24 heavy (non-hydrogen) atoms. The number of hydrogen-bond acceptors (Lipinski definition) is 5. The van der Waals surface area contributed by atoms with Gasteiger partial charge in [-0.25, -0.2) is 13.1 Å². The standard InChI is InChI=1S/C15H20N2O6S/c1-10(15(19)20)17-14(18)11-4-6-13(7-5-11)24(21,22)16-9-12-3-2-8-23-12/h4-7,10,12,16H,2-3,8-9H2,1H3,(H,17,18)(H,19,20)/t10-,12?/m0/s1. The Balaban J connectivity index is 1.99. The Hall–Kier alpha value is -1.97. The fourth-order valence-electron chi connectivity index (χ4n) is 2.22. The van der Waals surface area contributed by atoms with Crippen LogP contribution in [0.25, 0.3) is 0 Å². The number of amides is 1. The summed E-state index contributed by atoms with van der Waals surface area (Å²) in [5, 5.41) is 11.1. The Bertz CT molecular complexity index is 695. The third-order valence-corrected chi connectivity index (χ3v) is 5.11. The number of carbonyl (C=O) groups excluding carboxylic acids is 1. The first-order chi connectivity index (χ1) is 11.3. The molecule has 1 saturated heterocycles. The van der Waals surface area contributed by atoms with Gasteiger partial charge in [-0.1, -0.05) is 0 Å². The summed E-state index contributed by atoms with van der Waals surface area (Å²) >= 11 is 0. The number of rotatable bonds is 7. The molecule has 2 atom stereocenters. The minimum atomic E-state index is -3.68. The molecule has 9 heteroatoms. The van der Waals surface area contributed by atoms with Crippen molar-refractivity contribution in [1.82, 2.24) is 10.0 Å². The molecule has 132 valence electrons. The van der Waals surface area contributed by atoms with Crippen LogP contribution in [-0.4, -0.2) is 50.7 Å². The molecule has 1 fully saturated rings. The lowest BCUT2D eigenvalue weighted by molar-refractivity contribution is -0.138. The van der Waals surface area contributed by atoms with Gasteiger partial charge in [0.2, 0.25) is 10.0 Å². The lowest BCUT2D eigenvalue weighted by atomic mass is 10.2. The van der Waals surface area contributed by atoms with Crippen LogP contribution in [0.2, 0.25) is 0 Å². The van der Waals surface area contributed by atoms with E-state index in [4.69, 9.17) is 9.84 Å². The molecule has 8 nitrogen and oxygen atoms in total. The number of sulfonamides is 1. The first-order valence-electron chi connectivity index (χ1n) is 7.54. The zero-order chi connectivity index (χ0) is 17.7. The average molecular weight is 356 g/mol. The third-order valence-electron chi connectivity index (χ3n) is 3.67. The first-order valence-corrected chi connectivity index (χ1v) is 9.03. The number of ether oxygens (including phenoxy) is 1. The molecule has 0 aromatic heterocycles. The molecule has 1 aliphatic rings. The molecule has 2 rings (SSSR count). The summed E-state index contributed by atoms with van der Waals surface area (Å²) in [4.78, 5) is 22.6. The lowest BCUT2D eigenvalue weighted by Gasteiger charge is -2.12. The number of benzene rings is 1. The zero-order valence-electron chi connectivity index (χ0n) is 13.2. The van der Waals surface area contributed by atoms with Crippen molar-refractivity contribution in [2.45, 2.75) is 36.8 Å². The molecule has 0 bridgehead atoms. The Labute approximate surface area is 140 Å². The number of nitrogens with one attached hydrogen (secondary N) is 2. The van der Waals surface area contributed by atoms with Crippen LogP contribution in [0.4, 0.5) is 0 Å². The summed E-state index contributed by atoms with van der Waals surface area (Å²) in [5.74, 6) is -1.73. The molecule has 0 saturated carbocycles. The van der Waals surface area contributed by atoms with Crippen LogP contribution in [0.15, 0.2) is 29.2 Å². The monoisotopic (exact) mass is 356 g/mol. The molecule has 1 aromatic rings. The van der Waals surface area contributed by atoms with E-state index in [9.17, 15) is 18.0 Å². The Morgan fingerprint density at radius 2 is 2.00 bits per heavy atom. The van der Waals surface area contributed by atoms with E-state index >= 15 is 0 Å². The summed E-state index contributed by atoms with van der Waals surface area (Å²) in [6, 6.07) is 4.25. The van der Waals surface area contributed by atoms with Crippen molar-refractivity contribution in [3.63, 3.8) is 0 Å². The Kier molecular flexibility index (Phi) is 5.92. The predicted molar refractivity (Wildman–Crippen MR) is 85.2 cm³/mol. The van der Waals surface area contributed by atoms with Gasteiger partial charge in [-0.15, -0.1) is 0 Å². The molecule has 0 radical (unpaired) electrons. The van der Waals surface area contributed by atoms with Gasteiger partial charge in [0.05, 0.1) is 11.0 Å². The van der Waals surface area contributed by atoms with Gasteiger partial charge in [-0.2, -0.15) is 0 Å². The zero-order valence-corrected chi connectivity index (χ0v) is 14.0. The van der Waals surface area contributed by atoms with E-state index < -0.39 is 27.9 Å². The summed E-state index contributed by atoms with van der Waals surface area (Å²) in [7, 11) is -3.68. The number of hydrogen-bond donors (Lipinski definition) is 3. The number of carboxylic acid groups (broad SMARTS) is 1. The van der Waals surface area contributed by atoms with Gasteiger partial charge in [-0.3, -0.25) is 9.59 Å². The van der Waals surface area contributed by atoms with Crippen LogP contribution in [0.1, 0.15) is 30.1 Å². The van der Waals surface area contributed by atoms with Crippen LogP contribution in [-0.2, 0) is 19.6 Å². The maximum atomic E-state index is 12.2. The third kappa shape index (κ3) is 4.76. The molecule has 3 N–H and O–H groups in total. The van der Waals surface area contributed by atoms with Crippen molar-refractivity contribution in [1.29, 1.82) is 0 Å². The van der Waals surface area contributed by atoms with Crippen molar-refractivity contribution >= 4 is 21.9 Å². The molecule has 1 aromatic carbocycles. The van der Waals surface area contributed by atoms with Crippen LogP contribution in [0, 0.1) is 0 Å². The van der Waals surface area contributed by atoms with Crippen LogP contribution >= 0.6 is 0 Å². The molecule has 1 amide bonds. The normalized spacial score (nSPS) is 19.0. The van der Waals surface area contributed by atoms with Gasteiger partial charge in [0, 0.05) is 18.7 Å². The van der Waals surface area contributed by atoms with E-state index in [0.29, 0.717) is 6.61 Å². The maximum absolute atomic E-state index is 12.2. The molecule has 0 aliphatic carbocycles. The molecular formula is C15H20N2O6S. The van der Waals surface area contributed by atoms with E-state index in [2.05, 4.69) is 10.0 Å². The predicted octanol–water partition coefficient (Wildman–Crippen LogP) is 0.347. The highest BCUT2D eigenvalue weighted by molar-refractivity contribution is 7.89. The van der Waals surface area contributed by atoms with Crippen LogP contribution < -0.4 is 10.0 Å². The van der Waals surface area contributed by atoms with Crippen molar-refractivity contribution in [3.05, 3.63) is 29.8 Å². The van der Waals surface area contributed by atoms with Gasteiger partial charge in [0.25, 0.3) is 5.91 Å². The van der Waals surface area contributed by atoms with Gasteiger partial charge >= 0.3 is 5.97 Å². The number of carbonyl (C=O) groups is 2.